The van der Waals surface area contributed by atoms with Gasteiger partial charge in [0.1, 0.15) is 11.5 Å². The van der Waals surface area contributed by atoms with Gasteiger partial charge in [-0.3, -0.25) is 0 Å². The second-order valence-electron chi connectivity index (χ2n) is 5.17. The number of hydrogen-bond acceptors (Lipinski definition) is 4. The molecule has 102 valence electrons. The molecular formula is C15H16BNO3. The molecule has 0 radical (unpaired) electrons. The molecular weight excluding hydrogens is 253 g/mol. The highest BCUT2D eigenvalue weighted by Gasteiger charge is 2.39. The van der Waals surface area contributed by atoms with Crippen LogP contribution in [0.1, 0.15) is 25.8 Å². The van der Waals surface area contributed by atoms with Gasteiger partial charge in [0.25, 0.3) is 0 Å². The maximum absolute atomic E-state index is 9.45. The molecule has 0 saturated carbocycles. The first kappa shape index (κ1) is 14.4. The van der Waals surface area contributed by atoms with Crippen LogP contribution in [0.3, 0.4) is 0 Å². The minimum absolute atomic E-state index is 0.499. The second-order valence-corrected chi connectivity index (χ2v) is 5.17. The Balaban J connectivity index is 2.13. The standard InChI is InChI=1S/C15H16BNO3/c1-11-9-14(7-8-15(11,2)16(18)19)20-13-5-3-12(10-17)4-6-13/h3-7,9,18-19H,8H2,1-2H3. The molecule has 5 heteroatoms. The summed E-state index contributed by atoms with van der Waals surface area (Å²) in [7, 11) is -1.40. The van der Waals surface area contributed by atoms with Gasteiger partial charge >= 0.3 is 7.12 Å². The summed E-state index contributed by atoms with van der Waals surface area (Å²) in [4.78, 5) is 0. The quantitative estimate of drug-likeness (QED) is 0.826. The number of rotatable bonds is 3. The summed E-state index contributed by atoms with van der Waals surface area (Å²) in [6, 6.07) is 8.90. The van der Waals surface area contributed by atoms with Gasteiger partial charge in [0, 0.05) is 5.31 Å². The van der Waals surface area contributed by atoms with Crippen LogP contribution in [0, 0.1) is 11.3 Å². The summed E-state index contributed by atoms with van der Waals surface area (Å²) < 4.78 is 5.71. The maximum Gasteiger partial charge on any atom is 0.462 e. The van der Waals surface area contributed by atoms with Crippen molar-refractivity contribution in [2.75, 3.05) is 0 Å². The van der Waals surface area contributed by atoms with E-state index < -0.39 is 12.4 Å². The number of hydrogen-bond donors (Lipinski definition) is 2. The van der Waals surface area contributed by atoms with E-state index in [1.165, 1.54) is 0 Å². The smallest absolute Gasteiger partial charge is 0.458 e. The number of ether oxygens (including phenoxy) is 1. The first-order valence-corrected chi connectivity index (χ1v) is 6.39. The second kappa shape index (κ2) is 5.54. The molecule has 0 heterocycles. The minimum Gasteiger partial charge on any atom is -0.458 e. The average molecular weight is 269 g/mol. The van der Waals surface area contributed by atoms with E-state index in [4.69, 9.17) is 10.00 Å². The molecule has 2 N–H and O–H groups in total. The highest BCUT2D eigenvalue weighted by molar-refractivity contribution is 6.46. The van der Waals surface area contributed by atoms with E-state index in [9.17, 15) is 10.0 Å². The zero-order chi connectivity index (χ0) is 14.8. The van der Waals surface area contributed by atoms with Gasteiger partial charge in [-0.2, -0.15) is 5.26 Å². The van der Waals surface area contributed by atoms with Crippen LogP contribution in [-0.4, -0.2) is 17.2 Å². The zero-order valence-electron chi connectivity index (χ0n) is 11.5. The topological polar surface area (TPSA) is 73.5 Å². The van der Waals surface area contributed by atoms with Gasteiger partial charge in [0.15, 0.2) is 0 Å². The van der Waals surface area contributed by atoms with Crippen molar-refractivity contribution < 1.29 is 14.8 Å². The summed E-state index contributed by atoms with van der Waals surface area (Å²) in [5, 5.41) is 27.0. The van der Waals surface area contributed by atoms with E-state index >= 15 is 0 Å². The molecule has 0 aliphatic heterocycles. The molecule has 1 atom stereocenters. The van der Waals surface area contributed by atoms with Crippen LogP contribution in [0.2, 0.25) is 5.31 Å². The molecule has 1 aromatic rings. The molecule has 1 aliphatic rings. The molecule has 0 spiro atoms. The van der Waals surface area contributed by atoms with Crippen LogP contribution in [0.15, 0.2) is 47.7 Å². The molecule has 4 nitrogen and oxygen atoms in total. The molecule has 0 aromatic heterocycles. The van der Waals surface area contributed by atoms with Crippen LogP contribution >= 0.6 is 0 Å². The SMILES string of the molecule is CC1=CC(Oc2ccc(C#N)cc2)=CCC1(C)B(O)O. The predicted molar refractivity (Wildman–Crippen MR) is 76.8 cm³/mol. The van der Waals surface area contributed by atoms with Gasteiger partial charge in [-0.25, -0.2) is 0 Å². The van der Waals surface area contributed by atoms with Crippen LogP contribution in [0.25, 0.3) is 0 Å². The lowest BCUT2D eigenvalue weighted by atomic mass is 9.53. The summed E-state index contributed by atoms with van der Waals surface area (Å²) in [6.45, 7) is 3.66. The van der Waals surface area contributed by atoms with Crippen molar-refractivity contribution in [1.29, 1.82) is 5.26 Å². The highest BCUT2D eigenvalue weighted by atomic mass is 16.5. The maximum atomic E-state index is 9.45. The fraction of sp³-hybridized carbons (Fsp3) is 0.267. The van der Waals surface area contributed by atoms with Crippen molar-refractivity contribution in [2.24, 2.45) is 0 Å². The average Bonchev–Trinajstić information content (AvgIpc) is 2.43. The van der Waals surface area contributed by atoms with Crippen molar-refractivity contribution in [1.82, 2.24) is 0 Å². The van der Waals surface area contributed by atoms with E-state index in [-0.39, 0.29) is 0 Å². The lowest BCUT2D eigenvalue weighted by molar-refractivity contribution is 0.354. The molecule has 0 bridgehead atoms. The van der Waals surface area contributed by atoms with Crippen molar-refractivity contribution in [3.05, 3.63) is 53.3 Å². The molecule has 0 fully saturated rings. The van der Waals surface area contributed by atoms with Crippen molar-refractivity contribution in [3.63, 3.8) is 0 Å². The Morgan fingerprint density at radius 3 is 2.45 bits per heavy atom. The third kappa shape index (κ3) is 2.77. The summed E-state index contributed by atoms with van der Waals surface area (Å²) in [5.74, 6) is 1.32. The molecule has 0 amide bonds. The molecule has 1 aromatic carbocycles. The van der Waals surface area contributed by atoms with E-state index in [1.807, 2.05) is 13.0 Å². The largest absolute Gasteiger partial charge is 0.462 e. The summed E-state index contributed by atoms with van der Waals surface area (Å²) in [6.07, 6.45) is 4.14. The van der Waals surface area contributed by atoms with Crippen LogP contribution < -0.4 is 4.74 Å². The Labute approximate surface area is 118 Å². The third-order valence-electron chi connectivity index (χ3n) is 3.78. The zero-order valence-corrected chi connectivity index (χ0v) is 11.5. The highest BCUT2D eigenvalue weighted by Crippen LogP contribution is 2.44. The summed E-state index contributed by atoms with van der Waals surface area (Å²) in [5.41, 5.74) is 1.44. The Hall–Kier alpha value is -2.03. The van der Waals surface area contributed by atoms with Gasteiger partial charge < -0.3 is 14.8 Å². The Morgan fingerprint density at radius 1 is 1.30 bits per heavy atom. The molecule has 1 aliphatic carbocycles. The fourth-order valence-corrected chi connectivity index (χ4v) is 2.02. The van der Waals surface area contributed by atoms with Crippen molar-refractivity contribution in [2.45, 2.75) is 25.6 Å². The Morgan fingerprint density at radius 2 is 1.95 bits per heavy atom. The molecule has 1 unspecified atom stereocenters. The van der Waals surface area contributed by atoms with Crippen molar-refractivity contribution >= 4 is 7.12 Å². The Kier molecular flexibility index (Phi) is 3.98. The summed E-state index contributed by atoms with van der Waals surface area (Å²) >= 11 is 0. The Bertz CT molecular complexity index is 599. The lowest BCUT2D eigenvalue weighted by Crippen LogP contribution is -2.32. The van der Waals surface area contributed by atoms with E-state index in [0.29, 0.717) is 23.5 Å². The number of nitriles is 1. The van der Waals surface area contributed by atoms with Crippen molar-refractivity contribution in [3.8, 4) is 11.8 Å². The predicted octanol–water partition coefficient (Wildman–Crippen LogP) is 2.40. The van der Waals surface area contributed by atoms with Gasteiger partial charge in [0.2, 0.25) is 0 Å². The number of allylic oxidation sites excluding steroid dienone is 3. The van der Waals surface area contributed by atoms with Gasteiger partial charge in [-0.1, -0.05) is 12.5 Å². The minimum atomic E-state index is -1.40. The molecule has 20 heavy (non-hydrogen) atoms. The third-order valence-corrected chi connectivity index (χ3v) is 3.78. The van der Waals surface area contributed by atoms with Gasteiger partial charge in [-0.05, 0) is 49.8 Å². The van der Waals surface area contributed by atoms with E-state index in [0.717, 1.165) is 5.57 Å². The van der Waals surface area contributed by atoms with Gasteiger partial charge in [-0.15, -0.1) is 0 Å². The number of nitrogens with zero attached hydrogens (tertiary/aromatic N) is 1. The van der Waals surface area contributed by atoms with E-state index in [1.54, 1.807) is 37.3 Å². The lowest BCUT2D eigenvalue weighted by Gasteiger charge is -2.31. The molecule has 2 rings (SSSR count). The first-order valence-electron chi connectivity index (χ1n) is 6.39. The monoisotopic (exact) mass is 269 g/mol. The normalized spacial score (nSPS) is 21.6. The van der Waals surface area contributed by atoms with Gasteiger partial charge in [0.05, 0.1) is 11.6 Å². The molecule has 0 saturated heterocycles. The fourth-order valence-electron chi connectivity index (χ4n) is 2.02. The number of benzene rings is 1. The first-order chi connectivity index (χ1) is 9.45. The van der Waals surface area contributed by atoms with Crippen LogP contribution in [-0.2, 0) is 0 Å². The van der Waals surface area contributed by atoms with Crippen LogP contribution in [0.4, 0.5) is 0 Å². The van der Waals surface area contributed by atoms with Crippen LogP contribution in [0.5, 0.6) is 5.75 Å². The van der Waals surface area contributed by atoms with E-state index in [2.05, 4.69) is 6.07 Å².